The van der Waals surface area contributed by atoms with Crippen molar-refractivity contribution >= 4 is 27.3 Å². The van der Waals surface area contributed by atoms with Crippen LogP contribution in [0.25, 0.3) is 0 Å². The maximum absolute atomic E-state index is 12.4. The zero-order valence-corrected chi connectivity index (χ0v) is 14.6. The van der Waals surface area contributed by atoms with Crippen LogP contribution in [-0.4, -0.2) is 35.7 Å². The Hall–Kier alpha value is -1.78. The van der Waals surface area contributed by atoms with Gasteiger partial charge in [-0.05, 0) is 30.7 Å². The number of hydrogen-bond donors (Lipinski definition) is 2. The smallest absolute Gasteiger partial charge is 0.347 e. The van der Waals surface area contributed by atoms with Gasteiger partial charge < -0.3 is 9.63 Å². The van der Waals surface area contributed by atoms with Crippen LogP contribution >= 0.6 is 11.3 Å². The number of carbonyl (C=O) groups is 1. The first kappa shape index (κ1) is 17.1. The molecular weight excluding hydrogens is 354 g/mol. The number of carboxylic acid groups (broad SMARTS) is 1. The predicted molar refractivity (Wildman–Crippen MR) is 85.7 cm³/mol. The molecule has 2 aromatic heterocycles. The Kier molecular flexibility index (Phi) is 4.70. The van der Waals surface area contributed by atoms with Crippen molar-refractivity contribution in [2.45, 2.75) is 49.5 Å². The molecule has 2 unspecified atom stereocenters. The number of nitrogens with zero attached hydrogens (tertiary/aromatic N) is 2. The summed E-state index contributed by atoms with van der Waals surface area (Å²) in [6.45, 7) is 1.93. The van der Waals surface area contributed by atoms with Crippen molar-refractivity contribution in [3.8, 4) is 0 Å². The Labute approximate surface area is 142 Å². The van der Waals surface area contributed by atoms with Crippen LogP contribution in [0, 0.1) is 0 Å². The van der Waals surface area contributed by atoms with E-state index in [1.54, 1.807) is 0 Å². The van der Waals surface area contributed by atoms with Crippen molar-refractivity contribution in [3.63, 3.8) is 0 Å². The van der Waals surface area contributed by atoms with Crippen molar-refractivity contribution in [1.29, 1.82) is 0 Å². The summed E-state index contributed by atoms with van der Waals surface area (Å²) in [5, 5.41) is 14.4. The molecule has 1 fully saturated rings. The minimum atomic E-state index is -3.87. The summed E-state index contributed by atoms with van der Waals surface area (Å²) >= 11 is 0.893. The van der Waals surface area contributed by atoms with E-state index in [4.69, 9.17) is 9.63 Å². The quantitative estimate of drug-likeness (QED) is 0.796. The van der Waals surface area contributed by atoms with Gasteiger partial charge in [0.1, 0.15) is 9.77 Å². The third-order valence-corrected chi connectivity index (χ3v) is 6.61. The molecule has 10 heteroatoms. The summed E-state index contributed by atoms with van der Waals surface area (Å²) in [5.74, 6) is -0.0479. The summed E-state index contributed by atoms with van der Waals surface area (Å²) in [6, 6.07) is 1.03. The Morgan fingerprint density at radius 1 is 1.50 bits per heavy atom. The van der Waals surface area contributed by atoms with E-state index in [0.29, 0.717) is 31.0 Å². The molecule has 0 spiro atoms. The fourth-order valence-electron chi connectivity index (χ4n) is 2.84. The summed E-state index contributed by atoms with van der Waals surface area (Å²) in [5.41, 5.74) is 0. The summed E-state index contributed by atoms with van der Waals surface area (Å²) in [7, 11) is -3.87. The SMILES string of the molecule is CCc1noc(C2CCC(NS(=O)(=O)c3ccsc3C(=O)O)C2)n1. The molecule has 0 radical (unpaired) electrons. The van der Waals surface area contributed by atoms with E-state index in [2.05, 4.69) is 14.9 Å². The molecule has 8 nitrogen and oxygen atoms in total. The predicted octanol–water partition coefficient (Wildman–Crippen LogP) is 2.01. The number of carboxylic acids is 1. The van der Waals surface area contributed by atoms with Gasteiger partial charge in [-0.3, -0.25) is 0 Å². The molecule has 0 saturated heterocycles. The van der Waals surface area contributed by atoms with Crippen molar-refractivity contribution < 1.29 is 22.8 Å². The summed E-state index contributed by atoms with van der Waals surface area (Å²) in [6.07, 6.45) is 2.62. The van der Waals surface area contributed by atoms with E-state index in [0.717, 1.165) is 17.8 Å². The van der Waals surface area contributed by atoms with Crippen LogP contribution in [0.3, 0.4) is 0 Å². The Balaban J connectivity index is 1.70. The largest absolute Gasteiger partial charge is 0.477 e. The van der Waals surface area contributed by atoms with Gasteiger partial charge in [0.2, 0.25) is 15.9 Å². The van der Waals surface area contributed by atoms with Crippen LogP contribution in [0.4, 0.5) is 0 Å². The van der Waals surface area contributed by atoms with Gasteiger partial charge in [-0.25, -0.2) is 17.9 Å². The summed E-state index contributed by atoms with van der Waals surface area (Å²) in [4.78, 5) is 15.1. The highest BCUT2D eigenvalue weighted by Gasteiger charge is 2.34. The lowest BCUT2D eigenvalue weighted by Crippen LogP contribution is -2.33. The maximum atomic E-state index is 12.4. The van der Waals surface area contributed by atoms with E-state index in [1.807, 2.05) is 6.92 Å². The Morgan fingerprint density at radius 2 is 2.29 bits per heavy atom. The fraction of sp³-hybridized carbons (Fsp3) is 0.500. The number of aromatic carboxylic acids is 1. The molecule has 0 amide bonds. The number of aryl methyl sites for hydroxylation is 1. The highest BCUT2D eigenvalue weighted by Crippen LogP contribution is 2.34. The highest BCUT2D eigenvalue weighted by atomic mass is 32.2. The van der Waals surface area contributed by atoms with E-state index in [1.165, 1.54) is 11.4 Å². The topological polar surface area (TPSA) is 122 Å². The molecule has 2 aromatic rings. The second kappa shape index (κ2) is 6.61. The van der Waals surface area contributed by atoms with Crippen molar-refractivity contribution in [2.24, 2.45) is 0 Å². The van der Waals surface area contributed by atoms with E-state index in [-0.39, 0.29) is 21.7 Å². The van der Waals surface area contributed by atoms with Gasteiger partial charge >= 0.3 is 5.97 Å². The minimum absolute atomic E-state index is 0.0203. The van der Waals surface area contributed by atoms with Crippen molar-refractivity contribution in [2.75, 3.05) is 0 Å². The van der Waals surface area contributed by atoms with Gasteiger partial charge in [0, 0.05) is 18.4 Å². The van der Waals surface area contributed by atoms with Crippen LogP contribution in [0.5, 0.6) is 0 Å². The van der Waals surface area contributed by atoms with E-state index < -0.39 is 16.0 Å². The van der Waals surface area contributed by atoms with Gasteiger partial charge in [0.05, 0.1) is 0 Å². The molecule has 24 heavy (non-hydrogen) atoms. The third-order valence-electron chi connectivity index (χ3n) is 4.02. The standard InChI is InChI=1S/C14H17N3O5S2/c1-2-11-15-13(22-16-11)8-3-4-9(7-8)17-24(20,21)10-5-6-23-12(10)14(18)19/h5-6,8-9,17H,2-4,7H2,1H3,(H,18,19). The van der Waals surface area contributed by atoms with Gasteiger partial charge in [-0.2, -0.15) is 4.98 Å². The van der Waals surface area contributed by atoms with E-state index in [9.17, 15) is 13.2 Å². The molecule has 0 aromatic carbocycles. The molecule has 2 heterocycles. The second-order valence-corrected chi connectivity index (χ2v) is 8.25. The number of sulfonamides is 1. The molecule has 1 saturated carbocycles. The minimum Gasteiger partial charge on any atom is -0.477 e. The van der Waals surface area contributed by atoms with Gasteiger partial charge in [-0.15, -0.1) is 11.3 Å². The number of nitrogens with one attached hydrogen (secondary N) is 1. The first-order valence-electron chi connectivity index (χ1n) is 7.56. The van der Waals surface area contributed by atoms with Crippen LogP contribution in [0.1, 0.15) is 53.5 Å². The number of aromatic nitrogens is 2. The number of hydrogen-bond acceptors (Lipinski definition) is 7. The third kappa shape index (κ3) is 3.35. The van der Waals surface area contributed by atoms with Crippen LogP contribution in [0.2, 0.25) is 0 Å². The molecular formula is C14H17N3O5S2. The Morgan fingerprint density at radius 3 is 2.96 bits per heavy atom. The second-order valence-electron chi connectivity index (χ2n) is 5.65. The van der Waals surface area contributed by atoms with Crippen molar-refractivity contribution in [1.82, 2.24) is 14.9 Å². The van der Waals surface area contributed by atoms with Crippen LogP contribution in [-0.2, 0) is 16.4 Å². The monoisotopic (exact) mass is 371 g/mol. The van der Waals surface area contributed by atoms with Gasteiger partial charge in [0.25, 0.3) is 0 Å². The van der Waals surface area contributed by atoms with Crippen LogP contribution < -0.4 is 4.72 Å². The molecule has 3 rings (SSSR count). The molecule has 130 valence electrons. The summed E-state index contributed by atoms with van der Waals surface area (Å²) < 4.78 is 32.7. The molecule has 2 atom stereocenters. The lowest BCUT2D eigenvalue weighted by atomic mass is 10.1. The van der Waals surface area contributed by atoms with Gasteiger partial charge in [-0.1, -0.05) is 12.1 Å². The lowest BCUT2D eigenvalue weighted by Gasteiger charge is -2.12. The molecule has 1 aliphatic rings. The maximum Gasteiger partial charge on any atom is 0.347 e. The lowest BCUT2D eigenvalue weighted by molar-refractivity contribution is 0.0698. The Bertz CT molecular complexity index is 842. The molecule has 0 aliphatic heterocycles. The first-order valence-corrected chi connectivity index (χ1v) is 9.92. The zero-order valence-electron chi connectivity index (χ0n) is 12.9. The van der Waals surface area contributed by atoms with Crippen molar-refractivity contribution in [3.05, 3.63) is 28.0 Å². The molecule has 2 N–H and O–H groups in total. The zero-order chi connectivity index (χ0) is 17.3. The fourth-order valence-corrected chi connectivity index (χ4v) is 5.38. The van der Waals surface area contributed by atoms with Crippen LogP contribution in [0.15, 0.2) is 20.9 Å². The molecule has 0 bridgehead atoms. The van der Waals surface area contributed by atoms with E-state index >= 15 is 0 Å². The normalized spacial score (nSPS) is 21.2. The average Bonchev–Trinajstić information content (AvgIpc) is 3.26. The average molecular weight is 371 g/mol. The molecule has 1 aliphatic carbocycles. The number of rotatable bonds is 6. The number of thiophene rings is 1. The first-order chi connectivity index (χ1) is 11.4. The highest BCUT2D eigenvalue weighted by molar-refractivity contribution is 7.89. The van der Waals surface area contributed by atoms with Gasteiger partial charge in [0.15, 0.2) is 5.82 Å².